The van der Waals surface area contributed by atoms with Crippen LogP contribution in [0.5, 0.6) is 5.88 Å². The van der Waals surface area contributed by atoms with Gasteiger partial charge in [-0.25, -0.2) is 24.0 Å². The summed E-state index contributed by atoms with van der Waals surface area (Å²) in [5.74, 6) is 1.47. The Labute approximate surface area is 229 Å². The lowest BCUT2D eigenvalue weighted by molar-refractivity contribution is -0.302. The third-order valence-corrected chi connectivity index (χ3v) is 7.74. The van der Waals surface area contributed by atoms with Crippen molar-refractivity contribution in [2.45, 2.75) is 46.6 Å². The molecule has 0 spiro atoms. The number of ether oxygens (including phenoxy) is 1. The topological polar surface area (TPSA) is 96.5 Å². The van der Waals surface area contributed by atoms with Crippen molar-refractivity contribution < 1.29 is 19.7 Å². The van der Waals surface area contributed by atoms with Gasteiger partial charge in [-0.3, -0.25) is 10.4 Å². The second-order valence-electron chi connectivity index (χ2n) is 10.8. The number of fused-ring (bicyclic) bond motifs is 1. The molecular weight excluding hydrogens is 494 g/mol. The smallest absolute Gasteiger partial charge is 0.402 e. The van der Waals surface area contributed by atoms with Gasteiger partial charge in [0, 0.05) is 24.2 Å². The van der Waals surface area contributed by atoms with Crippen LogP contribution in [0.2, 0.25) is 0 Å². The van der Waals surface area contributed by atoms with E-state index in [0.717, 1.165) is 24.0 Å². The minimum absolute atomic E-state index is 0.00415. The number of hydrogen-bond acceptors (Lipinski definition) is 5. The molecule has 1 aliphatic rings. The summed E-state index contributed by atoms with van der Waals surface area (Å²) in [4.78, 5) is 28.4. The molecule has 1 aromatic carbocycles. The van der Waals surface area contributed by atoms with Crippen LogP contribution in [-0.2, 0) is 4.89 Å². The normalized spacial score (nSPS) is 21.7. The molecular formula is C30H37N5O4. The first-order valence-electron chi connectivity index (χ1n) is 13.3. The number of aromatic nitrogens is 3. The van der Waals surface area contributed by atoms with Gasteiger partial charge in [0.15, 0.2) is 11.5 Å². The number of nitrogens with one attached hydrogen (secondary N) is 1. The first-order chi connectivity index (χ1) is 18.7. The number of carbonyl (C=O) groups is 1. The van der Waals surface area contributed by atoms with Crippen LogP contribution in [-0.4, -0.2) is 43.9 Å². The van der Waals surface area contributed by atoms with Crippen LogP contribution >= 0.6 is 0 Å². The average Bonchev–Trinajstić information content (AvgIpc) is 3.44. The van der Waals surface area contributed by atoms with Crippen LogP contribution in [0, 0.1) is 37.2 Å². The van der Waals surface area contributed by atoms with Crippen molar-refractivity contribution in [2.75, 3.05) is 13.1 Å². The standard InChI is InChI=1S/C30H37N5O4/c1-8-14-34(15-9-2)30(36)38-29-25(31-7)24(26(39-37)23-20(5)16-19(4)17-21(23)6)28-32-27(33-35(28)29)22-12-10-18(3)11-13-22/h8-13,19-21,23,26,37H,1-2,14-17H2,3-6H3,(H,32,33). The zero-order valence-corrected chi connectivity index (χ0v) is 23.1. The highest BCUT2D eigenvalue weighted by atomic mass is 17.1. The molecule has 206 valence electrons. The number of amides is 1. The van der Waals surface area contributed by atoms with Gasteiger partial charge < -0.3 is 9.64 Å². The van der Waals surface area contributed by atoms with Crippen molar-refractivity contribution >= 4 is 17.4 Å². The van der Waals surface area contributed by atoms with E-state index in [1.54, 1.807) is 12.2 Å². The second kappa shape index (κ2) is 11.9. The molecule has 2 aromatic heterocycles. The van der Waals surface area contributed by atoms with Gasteiger partial charge in [0.1, 0.15) is 6.10 Å². The summed E-state index contributed by atoms with van der Waals surface area (Å²) in [7, 11) is 0. The van der Waals surface area contributed by atoms with Gasteiger partial charge in [0.05, 0.1) is 6.57 Å². The molecule has 4 rings (SSSR count). The van der Waals surface area contributed by atoms with Gasteiger partial charge in [-0.05, 0) is 43.4 Å². The first-order valence-corrected chi connectivity index (χ1v) is 13.3. The van der Waals surface area contributed by atoms with Crippen LogP contribution < -0.4 is 4.74 Å². The minimum atomic E-state index is -0.833. The van der Waals surface area contributed by atoms with E-state index in [9.17, 15) is 10.1 Å². The van der Waals surface area contributed by atoms with Crippen molar-refractivity contribution in [2.24, 2.45) is 23.7 Å². The summed E-state index contributed by atoms with van der Waals surface area (Å²) >= 11 is 0. The quantitative estimate of drug-likeness (QED) is 0.132. The molecule has 3 atom stereocenters. The van der Waals surface area contributed by atoms with E-state index in [-0.39, 0.29) is 42.4 Å². The van der Waals surface area contributed by atoms with Crippen LogP contribution in [0.1, 0.15) is 50.8 Å². The number of aromatic amines is 1. The predicted octanol–water partition coefficient (Wildman–Crippen LogP) is 7.21. The number of nitrogens with zero attached hydrogens (tertiary/aromatic N) is 4. The number of aryl methyl sites for hydroxylation is 1. The number of carbonyl (C=O) groups excluding carboxylic acids is 1. The number of rotatable bonds is 9. The molecule has 2 heterocycles. The Morgan fingerprint density at radius 2 is 1.85 bits per heavy atom. The maximum absolute atomic E-state index is 13.2. The van der Waals surface area contributed by atoms with Crippen molar-refractivity contribution in [3.8, 4) is 17.3 Å². The first kappa shape index (κ1) is 28.1. The van der Waals surface area contributed by atoms with Gasteiger partial charge >= 0.3 is 6.09 Å². The second-order valence-corrected chi connectivity index (χ2v) is 10.8. The molecule has 2 N–H and O–H groups in total. The van der Waals surface area contributed by atoms with E-state index in [1.165, 1.54) is 9.42 Å². The van der Waals surface area contributed by atoms with Gasteiger partial charge in [-0.2, -0.15) is 0 Å². The number of hydrogen-bond donors (Lipinski definition) is 2. The van der Waals surface area contributed by atoms with E-state index in [0.29, 0.717) is 23.0 Å². The monoisotopic (exact) mass is 531 g/mol. The molecule has 9 heteroatoms. The molecule has 0 radical (unpaired) electrons. The minimum Gasteiger partial charge on any atom is -0.402 e. The van der Waals surface area contributed by atoms with Gasteiger partial charge in [-0.1, -0.05) is 62.8 Å². The van der Waals surface area contributed by atoms with Crippen molar-refractivity contribution in [3.63, 3.8) is 0 Å². The molecule has 0 aliphatic heterocycles. The van der Waals surface area contributed by atoms with E-state index >= 15 is 0 Å². The Morgan fingerprint density at radius 1 is 1.23 bits per heavy atom. The lowest BCUT2D eigenvalue weighted by atomic mass is 9.66. The maximum atomic E-state index is 13.2. The number of benzene rings is 1. The fourth-order valence-electron chi connectivity index (χ4n) is 6.13. The molecule has 0 bridgehead atoms. The average molecular weight is 532 g/mol. The van der Waals surface area contributed by atoms with Crippen LogP contribution in [0.4, 0.5) is 10.5 Å². The van der Waals surface area contributed by atoms with Gasteiger partial charge in [0.2, 0.25) is 5.88 Å². The Kier molecular flexibility index (Phi) is 8.58. The largest absolute Gasteiger partial charge is 0.416 e. The van der Waals surface area contributed by atoms with E-state index in [1.807, 2.05) is 31.2 Å². The van der Waals surface area contributed by atoms with E-state index < -0.39 is 12.2 Å². The summed E-state index contributed by atoms with van der Waals surface area (Å²) < 4.78 is 7.35. The summed E-state index contributed by atoms with van der Waals surface area (Å²) in [6.07, 6.45) is 3.65. The summed E-state index contributed by atoms with van der Waals surface area (Å²) in [5.41, 5.74) is 2.78. The highest BCUT2D eigenvalue weighted by Crippen LogP contribution is 2.51. The number of H-pyrrole nitrogens is 1. The third kappa shape index (κ3) is 5.49. The lowest BCUT2D eigenvalue weighted by Gasteiger charge is -2.41. The summed E-state index contributed by atoms with van der Waals surface area (Å²) in [6.45, 7) is 24.5. The fraction of sp³-hybridized carbons (Fsp3) is 0.433. The highest BCUT2D eigenvalue weighted by Gasteiger charge is 2.42. The molecule has 39 heavy (non-hydrogen) atoms. The van der Waals surface area contributed by atoms with Crippen LogP contribution in [0.25, 0.3) is 21.9 Å². The molecule has 3 unspecified atom stereocenters. The fourth-order valence-corrected chi connectivity index (χ4v) is 6.13. The van der Waals surface area contributed by atoms with Crippen molar-refractivity contribution in [3.05, 3.63) is 72.1 Å². The van der Waals surface area contributed by atoms with Gasteiger partial charge in [0.25, 0.3) is 5.69 Å². The van der Waals surface area contributed by atoms with E-state index in [4.69, 9.17) is 21.2 Å². The van der Waals surface area contributed by atoms with Gasteiger partial charge in [-0.15, -0.1) is 13.2 Å². The maximum Gasteiger partial charge on any atom is 0.416 e. The van der Waals surface area contributed by atoms with Crippen molar-refractivity contribution in [1.29, 1.82) is 0 Å². The van der Waals surface area contributed by atoms with Crippen LogP contribution in [0.3, 0.4) is 0 Å². The highest BCUT2D eigenvalue weighted by molar-refractivity contribution is 5.80. The van der Waals surface area contributed by atoms with E-state index in [2.05, 4.69) is 43.9 Å². The molecule has 1 fully saturated rings. The Morgan fingerprint density at radius 3 is 2.38 bits per heavy atom. The Hall–Kier alpha value is -3.87. The molecule has 0 saturated heterocycles. The van der Waals surface area contributed by atoms with Crippen LogP contribution in [0.15, 0.2) is 49.6 Å². The molecule has 3 aromatic rings. The summed E-state index contributed by atoms with van der Waals surface area (Å²) in [5, 5.41) is 13.5. The summed E-state index contributed by atoms with van der Waals surface area (Å²) in [6, 6.07) is 7.84. The van der Waals surface area contributed by atoms with Crippen molar-refractivity contribution in [1.82, 2.24) is 19.5 Å². The molecule has 1 aliphatic carbocycles. The predicted molar refractivity (Wildman–Crippen MR) is 151 cm³/mol. The molecule has 9 nitrogen and oxygen atoms in total. The Balaban J connectivity index is 1.90. The zero-order valence-electron chi connectivity index (χ0n) is 23.1. The lowest BCUT2D eigenvalue weighted by Crippen LogP contribution is -2.34. The molecule has 1 amide bonds. The third-order valence-electron chi connectivity index (χ3n) is 7.74. The SMILES string of the molecule is [C-]#[N+]c1c(C(OO)C2C(C)CC(C)CC2C)c2nc(-c3ccc(C)cc3)[nH]n2c1OC(=O)N(CC=C)CC=C. The zero-order chi connectivity index (χ0) is 28.3. The Bertz CT molecular complexity index is 1360. The molecule has 1 saturated carbocycles.